The summed E-state index contributed by atoms with van der Waals surface area (Å²) in [6, 6.07) is 28.0. The number of benzene rings is 3. The quantitative estimate of drug-likeness (QED) is 0.265. The Morgan fingerprint density at radius 3 is 2.03 bits per heavy atom. The Labute approximate surface area is 225 Å². The molecule has 0 saturated heterocycles. The molecule has 0 aliphatic heterocycles. The lowest BCUT2D eigenvalue weighted by Crippen LogP contribution is -2.46. The molecule has 3 aromatic rings. The highest BCUT2D eigenvalue weighted by molar-refractivity contribution is 5.85. The zero-order valence-electron chi connectivity index (χ0n) is 22.0. The van der Waals surface area contributed by atoms with Crippen molar-refractivity contribution in [3.8, 4) is 11.1 Å². The molecule has 0 spiro atoms. The highest BCUT2D eigenvalue weighted by atomic mass is 16.4. The number of aliphatic carboxylic acids is 1. The van der Waals surface area contributed by atoms with Crippen LogP contribution in [0, 0.1) is 17.8 Å². The van der Waals surface area contributed by atoms with Gasteiger partial charge in [-0.3, -0.25) is 9.59 Å². The number of carboxylic acids is 1. The molecular weight excluding hydrogens is 474 g/mol. The molecule has 5 heteroatoms. The number of nitrogens with one attached hydrogen (secondary N) is 1. The molecule has 3 aromatic carbocycles. The van der Waals surface area contributed by atoms with E-state index < -0.39 is 23.8 Å². The molecule has 0 bridgehead atoms. The van der Waals surface area contributed by atoms with E-state index in [-0.39, 0.29) is 18.4 Å². The van der Waals surface area contributed by atoms with Gasteiger partial charge in [-0.05, 0) is 66.7 Å². The molecule has 1 saturated carbocycles. The summed E-state index contributed by atoms with van der Waals surface area (Å²) in [5, 5.41) is 23.2. The predicted octanol–water partition coefficient (Wildman–Crippen LogP) is 5.90. The Morgan fingerprint density at radius 2 is 1.42 bits per heavy atom. The Kier molecular flexibility index (Phi) is 10.1. The standard InChI is InChI=1S/C33H39NO4/c35-23-29(22-25-10-3-1-4-11-25)34-32(36)30(31(33(37)38)28-15-7-8-16-28)17-9-12-24-18-20-27(21-19-24)26-13-5-2-6-14-26/h1-6,10-11,13-14,18-21,28-31,35H,7-9,12,15-17,22-23H2,(H,34,36)(H,37,38)/t29-,30?,31-/m0/s1. The van der Waals surface area contributed by atoms with Crippen molar-refractivity contribution in [2.24, 2.45) is 17.8 Å². The van der Waals surface area contributed by atoms with E-state index in [4.69, 9.17) is 0 Å². The molecule has 0 radical (unpaired) electrons. The largest absolute Gasteiger partial charge is 0.481 e. The van der Waals surface area contributed by atoms with E-state index in [2.05, 4.69) is 41.7 Å². The lowest BCUT2D eigenvalue weighted by Gasteiger charge is -2.29. The summed E-state index contributed by atoms with van der Waals surface area (Å²) >= 11 is 0. The minimum atomic E-state index is -0.882. The average molecular weight is 514 g/mol. The number of aliphatic hydroxyl groups is 1. The van der Waals surface area contributed by atoms with E-state index in [1.165, 1.54) is 11.1 Å². The van der Waals surface area contributed by atoms with Crippen LogP contribution in [0.25, 0.3) is 11.1 Å². The Balaban J connectivity index is 1.43. The van der Waals surface area contributed by atoms with Crippen LogP contribution in [0.4, 0.5) is 0 Å². The smallest absolute Gasteiger partial charge is 0.307 e. The second kappa shape index (κ2) is 13.9. The highest BCUT2D eigenvalue weighted by Crippen LogP contribution is 2.37. The summed E-state index contributed by atoms with van der Waals surface area (Å²) in [7, 11) is 0. The van der Waals surface area contributed by atoms with Crippen LogP contribution < -0.4 is 5.32 Å². The summed E-state index contributed by atoms with van der Waals surface area (Å²) in [4.78, 5) is 26.0. The van der Waals surface area contributed by atoms with Crippen LogP contribution in [0.2, 0.25) is 0 Å². The third-order valence-corrected chi connectivity index (χ3v) is 7.90. The van der Waals surface area contributed by atoms with Crippen LogP contribution in [0.5, 0.6) is 0 Å². The van der Waals surface area contributed by atoms with E-state index in [0.29, 0.717) is 12.8 Å². The molecule has 5 nitrogen and oxygen atoms in total. The van der Waals surface area contributed by atoms with Gasteiger partial charge in [-0.1, -0.05) is 97.8 Å². The van der Waals surface area contributed by atoms with Gasteiger partial charge in [-0.25, -0.2) is 0 Å². The molecule has 3 N–H and O–H groups in total. The molecule has 1 aliphatic rings. The SMILES string of the molecule is O=C(N[C@H](CO)Cc1ccccc1)C(CCCc1ccc(-c2ccccc2)cc1)[C@@H](C(=O)O)C1CCCC1. The molecule has 1 fully saturated rings. The first-order valence-corrected chi connectivity index (χ1v) is 13.9. The molecule has 4 rings (SSSR count). The van der Waals surface area contributed by atoms with Crippen LogP contribution in [-0.2, 0) is 22.4 Å². The highest BCUT2D eigenvalue weighted by Gasteiger charge is 2.40. The first kappa shape index (κ1) is 27.6. The van der Waals surface area contributed by atoms with Crippen molar-refractivity contribution in [1.29, 1.82) is 0 Å². The zero-order chi connectivity index (χ0) is 26.7. The fraction of sp³-hybridized carbons (Fsp3) is 0.394. The molecule has 200 valence electrons. The number of hydrogen-bond donors (Lipinski definition) is 3. The van der Waals surface area contributed by atoms with Gasteiger partial charge in [0.1, 0.15) is 0 Å². The Bertz CT molecular complexity index is 1140. The fourth-order valence-electron chi connectivity index (χ4n) is 5.88. The van der Waals surface area contributed by atoms with Crippen LogP contribution >= 0.6 is 0 Å². The van der Waals surface area contributed by atoms with Crippen molar-refractivity contribution in [2.45, 2.75) is 57.4 Å². The first-order chi connectivity index (χ1) is 18.5. The van der Waals surface area contributed by atoms with Crippen molar-refractivity contribution < 1.29 is 19.8 Å². The first-order valence-electron chi connectivity index (χ1n) is 13.9. The van der Waals surface area contributed by atoms with Crippen LogP contribution in [0.3, 0.4) is 0 Å². The average Bonchev–Trinajstić information content (AvgIpc) is 3.47. The van der Waals surface area contributed by atoms with Crippen LogP contribution in [-0.4, -0.2) is 34.7 Å². The Hall–Kier alpha value is -3.44. The number of rotatable bonds is 13. The maximum Gasteiger partial charge on any atom is 0.307 e. The zero-order valence-corrected chi connectivity index (χ0v) is 22.0. The molecule has 1 amide bonds. The summed E-state index contributed by atoms with van der Waals surface area (Å²) in [5.74, 6) is -2.43. The van der Waals surface area contributed by atoms with Gasteiger partial charge in [0, 0.05) is 0 Å². The minimum Gasteiger partial charge on any atom is -0.481 e. The van der Waals surface area contributed by atoms with Crippen LogP contribution in [0.15, 0.2) is 84.9 Å². The summed E-state index contributed by atoms with van der Waals surface area (Å²) in [5.41, 5.74) is 4.53. The second-order valence-corrected chi connectivity index (χ2v) is 10.5. The molecular formula is C33H39NO4. The van der Waals surface area contributed by atoms with Crippen LogP contribution in [0.1, 0.15) is 49.7 Å². The third-order valence-electron chi connectivity index (χ3n) is 7.90. The molecule has 1 aliphatic carbocycles. The summed E-state index contributed by atoms with van der Waals surface area (Å²) in [6.07, 6.45) is 6.26. The molecule has 38 heavy (non-hydrogen) atoms. The monoisotopic (exact) mass is 513 g/mol. The topological polar surface area (TPSA) is 86.6 Å². The van der Waals surface area contributed by atoms with Gasteiger partial charge < -0.3 is 15.5 Å². The number of aryl methyl sites for hydroxylation is 1. The number of carboxylic acid groups (broad SMARTS) is 1. The number of hydrogen-bond acceptors (Lipinski definition) is 3. The summed E-state index contributed by atoms with van der Waals surface area (Å²) < 4.78 is 0. The van der Waals surface area contributed by atoms with Gasteiger partial charge >= 0.3 is 5.97 Å². The fourth-order valence-corrected chi connectivity index (χ4v) is 5.88. The number of amides is 1. The number of carbonyl (C=O) groups is 2. The van der Waals surface area contributed by atoms with Crippen molar-refractivity contribution in [1.82, 2.24) is 5.32 Å². The molecule has 0 aromatic heterocycles. The minimum absolute atomic E-state index is 0.0232. The van der Waals surface area contributed by atoms with Crippen molar-refractivity contribution in [2.75, 3.05) is 6.61 Å². The van der Waals surface area contributed by atoms with E-state index in [9.17, 15) is 19.8 Å². The summed E-state index contributed by atoms with van der Waals surface area (Å²) in [6.45, 7) is -0.192. The number of carbonyl (C=O) groups excluding carboxylic acids is 1. The van der Waals surface area contributed by atoms with Gasteiger partial charge in [0.15, 0.2) is 0 Å². The maximum atomic E-state index is 13.6. The number of aliphatic hydroxyl groups excluding tert-OH is 1. The molecule has 3 atom stereocenters. The van der Waals surface area contributed by atoms with Crippen molar-refractivity contribution >= 4 is 11.9 Å². The van der Waals surface area contributed by atoms with E-state index in [0.717, 1.165) is 49.7 Å². The van der Waals surface area contributed by atoms with Gasteiger partial charge in [0.2, 0.25) is 5.91 Å². The molecule has 0 heterocycles. The van der Waals surface area contributed by atoms with Gasteiger partial charge in [0.05, 0.1) is 24.5 Å². The Morgan fingerprint density at radius 1 is 0.816 bits per heavy atom. The van der Waals surface area contributed by atoms with Gasteiger partial charge in [-0.15, -0.1) is 0 Å². The van der Waals surface area contributed by atoms with Crippen molar-refractivity contribution in [3.05, 3.63) is 96.1 Å². The van der Waals surface area contributed by atoms with Gasteiger partial charge in [0.25, 0.3) is 0 Å². The van der Waals surface area contributed by atoms with E-state index in [1.807, 2.05) is 48.5 Å². The van der Waals surface area contributed by atoms with Gasteiger partial charge in [-0.2, -0.15) is 0 Å². The van der Waals surface area contributed by atoms with E-state index in [1.54, 1.807) is 0 Å². The van der Waals surface area contributed by atoms with Crippen molar-refractivity contribution in [3.63, 3.8) is 0 Å². The normalized spacial score (nSPS) is 16.0. The maximum absolute atomic E-state index is 13.6. The lowest BCUT2D eigenvalue weighted by molar-refractivity contribution is -0.150. The van der Waals surface area contributed by atoms with E-state index >= 15 is 0 Å². The molecule has 1 unspecified atom stereocenters. The third kappa shape index (κ3) is 7.55. The lowest BCUT2D eigenvalue weighted by atomic mass is 9.77. The predicted molar refractivity (Wildman–Crippen MR) is 151 cm³/mol. The second-order valence-electron chi connectivity index (χ2n) is 10.5.